The average molecular weight is 198 g/mol. The average Bonchev–Trinajstić information content (AvgIpc) is 2.48. The highest BCUT2D eigenvalue weighted by atomic mass is 16.7. The molecule has 1 aliphatic rings. The van der Waals surface area contributed by atoms with Gasteiger partial charge in [0.05, 0.1) is 6.61 Å². The van der Waals surface area contributed by atoms with Crippen LogP contribution in [-0.4, -0.2) is 20.5 Å². The molecule has 0 aromatic rings. The number of rotatable bonds is 5. The highest BCUT2D eigenvalue weighted by molar-refractivity contribution is 5.03. The van der Waals surface area contributed by atoms with Crippen molar-refractivity contribution in [2.24, 2.45) is 17.8 Å². The lowest BCUT2D eigenvalue weighted by molar-refractivity contribution is -0.0503. The van der Waals surface area contributed by atoms with Crippen molar-refractivity contribution in [3.05, 3.63) is 12.2 Å². The molecule has 1 fully saturated rings. The van der Waals surface area contributed by atoms with Crippen LogP contribution in [0.1, 0.15) is 26.7 Å². The minimum atomic E-state index is 0.409. The number of methoxy groups -OCH3 is 1. The molecule has 2 nitrogen and oxygen atoms in total. The van der Waals surface area contributed by atoms with E-state index in [2.05, 4.69) is 20.4 Å². The van der Waals surface area contributed by atoms with Gasteiger partial charge in [-0.1, -0.05) is 19.1 Å². The van der Waals surface area contributed by atoms with Crippen molar-refractivity contribution in [1.82, 2.24) is 0 Å². The lowest BCUT2D eigenvalue weighted by atomic mass is 9.87. The molecule has 0 spiro atoms. The molecule has 0 aromatic carbocycles. The fourth-order valence-electron chi connectivity index (χ4n) is 2.43. The fourth-order valence-corrected chi connectivity index (χ4v) is 2.43. The molecule has 0 amide bonds. The Bertz CT molecular complexity index is 189. The van der Waals surface area contributed by atoms with Crippen molar-refractivity contribution in [3.8, 4) is 0 Å². The summed E-state index contributed by atoms with van der Waals surface area (Å²) >= 11 is 0. The van der Waals surface area contributed by atoms with Crippen LogP contribution < -0.4 is 0 Å². The maximum atomic E-state index is 5.45. The summed E-state index contributed by atoms with van der Waals surface area (Å²) in [6, 6.07) is 0. The van der Waals surface area contributed by atoms with Gasteiger partial charge in [-0.3, -0.25) is 0 Å². The summed E-state index contributed by atoms with van der Waals surface area (Å²) in [4.78, 5) is 0. The molecule has 14 heavy (non-hydrogen) atoms. The third kappa shape index (κ3) is 2.82. The zero-order chi connectivity index (χ0) is 10.6. The van der Waals surface area contributed by atoms with Gasteiger partial charge in [-0.25, -0.2) is 0 Å². The van der Waals surface area contributed by atoms with Gasteiger partial charge in [0.25, 0.3) is 0 Å². The first-order valence-electron chi connectivity index (χ1n) is 5.39. The molecular formula is C12H22O2. The Morgan fingerprint density at radius 2 is 2.14 bits per heavy atom. The first kappa shape index (κ1) is 11.7. The van der Waals surface area contributed by atoms with Crippen LogP contribution in [0.25, 0.3) is 0 Å². The fraction of sp³-hybridized carbons (Fsp3) is 0.833. The van der Waals surface area contributed by atoms with Gasteiger partial charge in [0, 0.05) is 7.11 Å². The van der Waals surface area contributed by atoms with E-state index >= 15 is 0 Å². The first-order valence-corrected chi connectivity index (χ1v) is 5.39. The van der Waals surface area contributed by atoms with E-state index in [1.165, 1.54) is 18.4 Å². The van der Waals surface area contributed by atoms with Gasteiger partial charge in [-0.15, -0.1) is 0 Å². The summed E-state index contributed by atoms with van der Waals surface area (Å²) in [6.07, 6.45) is 2.58. The highest BCUT2D eigenvalue weighted by Crippen LogP contribution is 2.40. The Hall–Kier alpha value is -0.340. The molecule has 0 aliphatic heterocycles. The third-order valence-corrected chi connectivity index (χ3v) is 3.33. The standard InChI is InChI=1S/C12H22O2/c1-9(2)11-6-5-10(3)12(11)7-14-8-13-4/h10-12H,1,5-8H2,2-4H3. The monoisotopic (exact) mass is 198 g/mol. The molecule has 0 N–H and O–H groups in total. The Labute approximate surface area is 87.3 Å². The van der Waals surface area contributed by atoms with Crippen molar-refractivity contribution >= 4 is 0 Å². The molecule has 82 valence electrons. The Morgan fingerprint density at radius 3 is 2.71 bits per heavy atom. The maximum Gasteiger partial charge on any atom is 0.146 e. The second-order valence-electron chi connectivity index (χ2n) is 4.45. The number of hydrogen-bond acceptors (Lipinski definition) is 2. The second-order valence-corrected chi connectivity index (χ2v) is 4.45. The van der Waals surface area contributed by atoms with E-state index in [9.17, 15) is 0 Å². The molecule has 1 aliphatic carbocycles. The number of hydrogen-bond donors (Lipinski definition) is 0. The van der Waals surface area contributed by atoms with Crippen LogP contribution in [0.15, 0.2) is 12.2 Å². The number of ether oxygens (including phenoxy) is 2. The van der Waals surface area contributed by atoms with Crippen molar-refractivity contribution in [2.75, 3.05) is 20.5 Å². The van der Waals surface area contributed by atoms with Crippen LogP contribution in [0.2, 0.25) is 0 Å². The predicted octanol–water partition coefficient (Wildman–Crippen LogP) is 2.85. The Morgan fingerprint density at radius 1 is 1.43 bits per heavy atom. The Balaban J connectivity index is 2.41. The highest BCUT2D eigenvalue weighted by Gasteiger charge is 2.33. The van der Waals surface area contributed by atoms with Crippen molar-refractivity contribution in [1.29, 1.82) is 0 Å². The van der Waals surface area contributed by atoms with Gasteiger partial charge in [-0.05, 0) is 37.5 Å². The topological polar surface area (TPSA) is 18.5 Å². The minimum Gasteiger partial charge on any atom is -0.359 e. The van der Waals surface area contributed by atoms with Gasteiger partial charge in [0.1, 0.15) is 6.79 Å². The molecule has 0 radical (unpaired) electrons. The second kappa shape index (κ2) is 5.52. The SMILES string of the molecule is C=C(C)C1CCC(C)C1COCOC. The Kier molecular flexibility index (Phi) is 4.63. The molecule has 3 unspecified atom stereocenters. The molecule has 2 heteroatoms. The normalized spacial score (nSPS) is 32.1. The smallest absolute Gasteiger partial charge is 0.146 e. The van der Waals surface area contributed by atoms with Crippen LogP contribution in [-0.2, 0) is 9.47 Å². The summed E-state index contributed by atoms with van der Waals surface area (Å²) in [5.74, 6) is 2.05. The largest absolute Gasteiger partial charge is 0.359 e. The third-order valence-electron chi connectivity index (χ3n) is 3.33. The summed E-state index contributed by atoms with van der Waals surface area (Å²) < 4.78 is 10.3. The van der Waals surface area contributed by atoms with Gasteiger partial charge in [0.2, 0.25) is 0 Å². The van der Waals surface area contributed by atoms with Crippen molar-refractivity contribution < 1.29 is 9.47 Å². The van der Waals surface area contributed by atoms with E-state index in [4.69, 9.17) is 9.47 Å². The van der Waals surface area contributed by atoms with Gasteiger partial charge in [-0.2, -0.15) is 0 Å². The van der Waals surface area contributed by atoms with E-state index in [1.807, 2.05) is 0 Å². The lowest BCUT2D eigenvalue weighted by Gasteiger charge is -2.22. The van der Waals surface area contributed by atoms with E-state index in [1.54, 1.807) is 7.11 Å². The summed E-state index contributed by atoms with van der Waals surface area (Å²) in [5, 5.41) is 0. The lowest BCUT2D eigenvalue weighted by Crippen LogP contribution is -2.20. The van der Waals surface area contributed by atoms with Crippen LogP contribution in [0.3, 0.4) is 0 Å². The summed E-state index contributed by atoms with van der Waals surface area (Å²) in [5.41, 5.74) is 1.31. The molecular weight excluding hydrogens is 176 g/mol. The zero-order valence-electron chi connectivity index (χ0n) is 9.58. The van der Waals surface area contributed by atoms with Gasteiger partial charge < -0.3 is 9.47 Å². The maximum absolute atomic E-state index is 5.45. The molecule has 0 aromatic heterocycles. The van der Waals surface area contributed by atoms with Crippen molar-refractivity contribution in [2.45, 2.75) is 26.7 Å². The molecule has 0 heterocycles. The predicted molar refractivity (Wildman–Crippen MR) is 58.0 cm³/mol. The van der Waals surface area contributed by atoms with Crippen LogP contribution in [0, 0.1) is 17.8 Å². The minimum absolute atomic E-state index is 0.409. The zero-order valence-corrected chi connectivity index (χ0v) is 9.58. The summed E-state index contributed by atoms with van der Waals surface area (Å²) in [6.45, 7) is 9.72. The quantitative estimate of drug-likeness (QED) is 0.384. The molecule has 0 saturated heterocycles. The first-order chi connectivity index (χ1) is 6.66. The molecule has 0 bridgehead atoms. The van der Waals surface area contributed by atoms with E-state index < -0.39 is 0 Å². The summed E-state index contributed by atoms with van der Waals surface area (Å²) in [7, 11) is 1.66. The van der Waals surface area contributed by atoms with Crippen LogP contribution in [0.4, 0.5) is 0 Å². The van der Waals surface area contributed by atoms with Crippen molar-refractivity contribution in [3.63, 3.8) is 0 Å². The van der Waals surface area contributed by atoms with E-state index in [-0.39, 0.29) is 0 Å². The molecule has 1 rings (SSSR count). The van der Waals surface area contributed by atoms with E-state index in [0.29, 0.717) is 18.6 Å². The van der Waals surface area contributed by atoms with Crippen LogP contribution >= 0.6 is 0 Å². The van der Waals surface area contributed by atoms with Gasteiger partial charge >= 0.3 is 0 Å². The van der Waals surface area contributed by atoms with Gasteiger partial charge in [0.15, 0.2) is 0 Å². The van der Waals surface area contributed by atoms with E-state index in [0.717, 1.165) is 12.5 Å². The number of allylic oxidation sites excluding steroid dienone is 1. The van der Waals surface area contributed by atoms with Crippen LogP contribution in [0.5, 0.6) is 0 Å². The molecule has 1 saturated carbocycles. The molecule has 3 atom stereocenters.